The Hall–Kier alpha value is -0.000000000000000111. The van der Waals surface area contributed by atoms with E-state index in [0.29, 0.717) is 18.9 Å². The minimum Gasteiger partial charge on any atom is -0.358 e. The van der Waals surface area contributed by atoms with E-state index in [1.165, 1.54) is 0 Å². The zero-order valence-electron chi connectivity index (χ0n) is 6.99. The molecule has 0 saturated carbocycles. The lowest BCUT2D eigenvalue weighted by Gasteiger charge is -2.27. The summed E-state index contributed by atoms with van der Waals surface area (Å²) in [4.78, 5) is 1.70. The van der Waals surface area contributed by atoms with E-state index in [1.54, 1.807) is 4.90 Å². The molecule has 13 heavy (non-hydrogen) atoms. The molecule has 1 N–H and O–H groups in total. The summed E-state index contributed by atoms with van der Waals surface area (Å²) < 4.78 is 22.0. The molecule has 0 amide bonds. The third kappa shape index (κ3) is 3.70. The minimum absolute atomic E-state index is 0. The van der Waals surface area contributed by atoms with Crippen LogP contribution < -0.4 is 0 Å². The highest BCUT2D eigenvalue weighted by Crippen LogP contribution is 2.04. The number of halogens is 2. The van der Waals surface area contributed by atoms with Crippen LogP contribution in [0.2, 0.25) is 0 Å². The molecule has 0 aromatic rings. The van der Waals surface area contributed by atoms with Gasteiger partial charge in [-0.15, -0.1) is 24.0 Å². The van der Waals surface area contributed by atoms with Crippen molar-refractivity contribution in [1.82, 2.24) is 4.90 Å². The summed E-state index contributed by atoms with van der Waals surface area (Å²) in [5.74, 6) is 0.755. The standard InChI is InChI=1S/C6H11ClN2O2S.ClH/c7-5-6(8)9-1-3-12(10,11)4-2-9;/h8H,1-5H2;1H. The Kier molecular flexibility index (Phi) is 5.02. The Morgan fingerprint density at radius 3 is 2.23 bits per heavy atom. The number of nitrogens with zero attached hydrogens (tertiary/aromatic N) is 1. The van der Waals surface area contributed by atoms with Gasteiger partial charge in [0.15, 0.2) is 9.84 Å². The highest BCUT2D eigenvalue weighted by atomic mass is 35.5. The van der Waals surface area contributed by atoms with Crippen LogP contribution in [-0.2, 0) is 9.84 Å². The van der Waals surface area contributed by atoms with Crippen molar-refractivity contribution < 1.29 is 8.42 Å². The topological polar surface area (TPSA) is 61.2 Å². The highest BCUT2D eigenvalue weighted by Gasteiger charge is 2.22. The van der Waals surface area contributed by atoms with Crippen LogP contribution in [0.3, 0.4) is 0 Å². The van der Waals surface area contributed by atoms with Gasteiger partial charge >= 0.3 is 0 Å². The number of sulfone groups is 1. The molecular weight excluding hydrogens is 235 g/mol. The molecule has 0 aliphatic carbocycles. The minimum atomic E-state index is -2.84. The number of hydrogen-bond donors (Lipinski definition) is 1. The third-order valence-electron chi connectivity index (χ3n) is 1.85. The van der Waals surface area contributed by atoms with Crippen LogP contribution in [0.5, 0.6) is 0 Å². The molecule has 1 saturated heterocycles. The zero-order valence-corrected chi connectivity index (χ0v) is 9.38. The average Bonchev–Trinajstić information content (AvgIpc) is 2.03. The van der Waals surface area contributed by atoms with Gasteiger partial charge in [-0.2, -0.15) is 0 Å². The van der Waals surface area contributed by atoms with E-state index in [0.717, 1.165) is 0 Å². The van der Waals surface area contributed by atoms with Crippen molar-refractivity contribution in [3.05, 3.63) is 0 Å². The molecule has 0 bridgehead atoms. The third-order valence-corrected chi connectivity index (χ3v) is 3.72. The molecule has 78 valence electrons. The molecular formula is C6H12Cl2N2O2S. The van der Waals surface area contributed by atoms with Gasteiger partial charge < -0.3 is 4.90 Å². The smallest absolute Gasteiger partial charge is 0.153 e. The van der Waals surface area contributed by atoms with Crippen LogP contribution in [0, 0.1) is 5.41 Å². The molecule has 1 aliphatic rings. The number of alkyl halides is 1. The van der Waals surface area contributed by atoms with Crippen LogP contribution in [0.25, 0.3) is 0 Å². The first-order chi connectivity index (χ1) is 5.55. The van der Waals surface area contributed by atoms with Crippen molar-refractivity contribution >= 4 is 39.7 Å². The first-order valence-electron chi connectivity index (χ1n) is 3.64. The molecule has 7 heteroatoms. The van der Waals surface area contributed by atoms with Crippen LogP contribution >= 0.6 is 24.0 Å². The maximum atomic E-state index is 11.0. The Balaban J connectivity index is 0.00000144. The van der Waals surface area contributed by atoms with Crippen LogP contribution in [0.15, 0.2) is 0 Å². The van der Waals surface area contributed by atoms with Crippen LogP contribution in [0.1, 0.15) is 0 Å². The number of rotatable bonds is 1. The summed E-state index contributed by atoms with van der Waals surface area (Å²) in [6.07, 6.45) is 0. The van der Waals surface area contributed by atoms with Crippen molar-refractivity contribution in [3.8, 4) is 0 Å². The molecule has 1 rings (SSSR count). The summed E-state index contributed by atoms with van der Waals surface area (Å²) >= 11 is 5.44. The predicted octanol–water partition coefficient (Wildman–Crippen LogP) is 0.355. The second kappa shape index (κ2) is 5.02. The molecule has 1 aliphatic heterocycles. The van der Waals surface area contributed by atoms with Crippen molar-refractivity contribution in [2.24, 2.45) is 0 Å². The first kappa shape index (κ1) is 13.0. The van der Waals surface area contributed by atoms with Gasteiger partial charge in [0.25, 0.3) is 0 Å². The first-order valence-corrected chi connectivity index (χ1v) is 5.99. The molecule has 1 fully saturated rings. The maximum Gasteiger partial charge on any atom is 0.153 e. The Bertz CT molecular complexity index is 264. The second-order valence-electron chi connectivity index (χ2n) is 2.72. The molecule has 0 atom stereocenters. The molecule has 0 aromatic carbocycles. The zero-order chi connectivity index (χ0) is 9.19. The Morgan fingerprint density at radius 2 is 1.85 bits per heavy atom. The molecule has 0 radical (unpaired) electrons. The number of nitrogens with one attached hydrogen (secondary N) is 1. The van der Waals surface area contributed by atoms with Crippen LogP contribution in [0.4, 0.5) is 0 Å². The Labute approximate surface area is 89.1 Å². The quantitative estimate of drug-likeness (QED) is 0.413. The average molecular weight is 247 g/mol. The van der Waals surface area contributed by atoms with Gasteiger partial charge in [0.05, 0.1) is 17.4 Å². The fraction of sp³-hybridized carbons (Fsp3) is 0.833. The van der Waals surface area contributed by atoms with E-state index in [4.69, 9.17) is 17.0 Å². The Morgan fingerprint density at radius 1 is 1.38 bits per heavy atom. The fourth-order valence-electron chi connectivity index (χ4n) is 1.07. The lowest BCUT2D eigenvalue weighted by atomic mass is 10.4. The van der Waals surface area contributed by atoms with Crippen molar-refractivity contribution in [1.29, 1.82) is 5.41 Å². The summed E-state index contributed by atoms with van der Waals surface area (Å²) in [5.41, 5.74) is 0. The van der Waals surface area contributed by atoms with E-state index in [-0.39, 0.29) is 29.8 Å². The molecule has 0 spiro atoms. The van der Waals surface area contributed by atoms with Crippen LogP contribution in [-0.4, -0.2) is 49.6 Å². The molecule has 0 aromatic heterocycles. The van der Waals surface area contributed by atoms with Gasteiger partial charge in [0.2, 0.25) is 0 Å². The van der Waals surface area contributed by atoms with E-state index < -0.39 is 9.84 Å². The second-order valence-corrected chi connectivity index (χ2v) is 5.29. The number of hydrogen-bond acceptors (Lipinski definition) is 3. The van der Waals surface area contributed by atoms with Crippen molar-refractivity contribution in [3.63, 3.8) is 0 Å². The van der Waals surface area contributed by atoms with Gasteiger partial charge in [-0.05, 0) is 0 Å². The highest BCUT2D eigenvalue weighted by molar-refractivity contribution is 7.91. The number of amidine groups is 1. The molecule has 0 unspecified atom stereocenters. The van der Waals surface area contributed by atoms with Crippen molar-refractivity contribution in [2.45, 2.75) is 0 Å². The monoisotopic (exact) mass is 246 g/mol. The van der Waals surface area contributed by atoms with Gasteiger partial charge in [0.1, 0.15) is 5.84 Å². The normalized spacial score (nSPS) is 20.5. The largest absolute Gasteiger partial charge is 0.358 e. The van der Waals surface area contributed by atoms with Gasteiger partial charge in [-0.1, -0.05) is 0 Å². The molecule has 4 nitrogen and oxygen atoms in total. The summed E-state index contributed by atoms with van der Waals surface area (Å²) in [5, 5.41) is 7.36. The predicted molar refractivity (Wildman–Crippen MR) is 55.9 cm³/mol. The summed E-state index contributed by atoms with van der Waals surface area (Å²) in [7, 11) is -2.84. The molecule has 1 heterocycles. The van der Waals surface area contributed by atoms with Gasteiger partial charge in [-0.25, -0.2) is 8.42 Å². The lowest BCUT2D eigenvalue weighted by molar-refractivity contribution is 0.438. The van der Waals surface area contributed by atoms with Crippen molar-refractivity contribution in [2.75, 3.05) is 30.5 Å². The van der Waals surface area contributed by atoms with Gasteiger partial charge in [0, 0.05) is 13.1 Å². The van der Waals surface area contributed by atoms with E-state index >= 15 is 0 Å². The lowest BCUT2D eigenvalue weighted by Crippen LogP contribution is -2.43. The fourth-order valence-corrected chi connectivity index (χ4v) is 2.44. The van der Waals surface area contributed by atoms with E-state index in [2.05, 4.69) is 0 Å². The SMILES string of the molecule is Cl.N=C(CCl)N1CCS(=O)(=O)CC1. The maximum absolute atomic E-state index is 11.0. The summed E-state index contributed by atoms with van der Waals surface area (Å²) in [6, 6.07) is 0. The van der Waals surface area contributed by atoms with E-state index in [1.807, 2.05) is 0 Å². The van der Waals surface area contributed by atoms with Gasteiger partial charge in [-0.3, -0.25) is 5.41 Å². The van der Waals surface area contributed by atoms with E-state index in [9.17, 15) is 8.42 Å². The summed E-state index contributed by atoms with van der Waals surface area (Å²) in [6.45, 7) is 0.821.